The molecule has 0 atom stereocenters. The number of anilines is 2. The smallest absolute Gasteiger partial charge is 0.170 e. The second-order valence-electron chi connectivity index (χ2n) is 6.99. The summed E-state index contributed by atoms with van der Waals surface area (Å²) >= 11 is 1.61. The van der Waals surface area contributed by atoms with Gasteiger partial charge in [-0.05, 0) is 55.8 Å². The van der Waals surface area contributed by atoms with E-state index in [0.29, 0.717) is 11.5 Å². The van der Waals surface area contributed by atoms with E-state index < -0.39 is 0 Å². The predicted molar refractivity (Wildman–Crippen MR) is 118 cm³/mol. The maximum atomic E-state index is 9.54. The highest BCUT2D eigenvalue weighted by atomic mass is 32.2. The Hall–Kier alpha value is -3.65. The van der Waals surface area contributed by atoms with Gasteiger partial charge in [-0.3, -0.25) is 0 Å². The van der Waals surface area contributed by atoms with E-state index in [0.717, 1.165) is 37.8 Å². The Labute approximate surface area is 176 Å². The normalized spacial score (nSPS) is 11.3. The van der Waals surface area contributed by atoms with Gasteiger partial charge in [-0.25, -0.2) is 15.0 Å². The summed E-state index contributed by atoms with van der Waals surface area (Å²) in [5.41, 5.74) is 4.41. The summed E-state index contributed by atoms with van der Waals surface area (Å²) in [4.78, 5) is 15.5. The lowest BCUT2D eigenvalue weighted by molar-refractivity contribution is 0.475. The van der Waals surface area contributed by atoms with Gasteiger partial charge < -0.3 is 10.4 Å². The summed E-state index contributed by atoms with van der Waals surface area (Å²) in [6.45, 7) is 3.98. The molecule has 0 aliphatic carbocycles. The van der Waals surface area contributed by atoms with Crippen LogP contribution in [0.3, 0.4) is 0 Å². The fourth-order valence-electron chi connectivity index (χ4n) is 3.24. The second kappa shape index (κ2) is 7.31. The number of phenolic OH excluding ortho intramolecular Hbond substituents is 1. The van der Waals surface area contributed by atoms with Crippen molar-refractivity contribution in [1.82, 2.24) is 24.6 Å². The van der Waals surface area contributed by atoms with Gasteiger partial charge in [-0.1, -0.05) is 17.8 Å². The van der Waals surface area contributed by atoms with Gasteiger partial charge in [0.15, 0.2) is 11.3 Å². The van der Waals surface area contributed by atoms with E-state index in [9.17, 15) is 5.11 Å². The third-order valence-electron chi connectivity index (χ3n) is 4.65. The van der Waals surface area contributed by atoms with Crippen LogP contribution < -0.4 is 5.32 Å². The third-order valence-corrected chi connectivity index (χ3v) is 5.74. The first-order valence-electron chi connectivity index (χ1n) is 9.37. The average Bonchev–Trinajstić information content (AvgIpc) is 3.12. The number of aromatic nitrogens is 5. The van der Waals surface area contributed by atoms with Crippen molar-refractivity contribution in [2.24, 2.45) is 0 Å². The number of aryl methyl sites for hydroxylation is 2. The van der Waals surface area contributed by atoms with Gasteiger partial charge in [0, 0.05) is 22.1 Å². The predicted octanol–water partition coefficient (Wildman–Crippen LogP) is 4.89. The molecule has 3 heterocycles. The molecule has 8 heteroatoms. The fraction of sp³-hybridized carbons (Fsp3) is 0.0909. The Bertz CT molecular complexity index is 1380. The van der Waals surface area contributed by atoms with Crippen molar-refractivity contribution in [3.8, 4) is 5.75 Å². The lowest BCUT2D eigenvalue weighted by Crippen LogP contribution is -2.02. The highest BCUT2D eigenvalue weighted by Gasteiger charge is 2.12. The SMILES string of the molecule is Cc1ccc(Sc2ccc(O)cc2)c(Nc2ncnc3c2cnc2cc(C)nn23)c1. The largest absolute Gasteiger partial charge is 0.508 e. The van der Waals surface area contributed by atoms with Crippen LogP contribution in [-0.4, -0.2) is 29.7 Å². The fourth-order valence-corrected chi connectivity index (χ4v) is 4.12. The Balaban J connectivity index is 1.57. The minimum Gasteiger partial charge on any atom is -0.508 e. The highest BCUT2D eigenvalue weighted by Crippen LogP contribution is 2.36. The van der Waals surface area contributed by atoms with Crippen molar-refractivity contribution in [3.05, 3.63) is 72.3 Å². The van der Waals surface area contributed by atoms with Crippen LogP contribution in [0.4, 0.5) is 11.5 Å². The molecule has 3 aromatic heterocycles. The quantitative estimate of drug-likeness (QED) is 0.433. The first-order chi connectivity index (χ1) is 14.6. The Morgan fingerprint density at radius 2 is 1.80 bits per heavy atom. The Morgan fingerprint density at radius 3 is 2.63 bits per heavy atom. The molecular weight excluding hydrogens is 396 g/mol. The van der Waals surface area contributed by atoms with E-state index in [4.69, 9.17) is 0 Å². The molecule has 5 aromatic rings. The first kappa shape index (κ1) is 18.4. The Morgan fingerprint density at radius 1 is 0.967 bits per heavy atom. The van der Waals surface area contributed by atoms with Crippen molar-refractivity contribution < 1.29 is 5.11 Å². The summed E-state index contributed by atoms with van der Waals surface area (Å²) in [7, 11) is 0. The number of phenols is 1. The standard InChI is InChI=1S/C22H18N6OS/c1-13-3-8-19(30-16-6-4-15(29)5-7-16)18(9-13)26-21-17-11-23-20-10-14(2)27-28(20)22(17)25-12-24-21/h3-12,29H,1-2H3,(H,24,25,26). The number of fused-ring (bicyclic) bond motifs is 3. The maximum Gasteiger partial charge on any atom is 0.170 e. The van der Waals surface area contributed by atoms with Crippen LogP contribution in [-0.2, 0) is 0 Å². The molecule has 0 aliphatic rings. The summed E-state index contributed by atoms with van der Waals surface area (Å²) in [5, 5.41) is 18.3. The number of nitrogens with zero attached hydrogens (tertiary/aromatic N) is 5. The third kappa shape index (κ3) is 3.42. The lowest BCUT2D eigenvalue weighted by Gasteiger charge is -2.14. The lowest BCUT2D eigenvalue weighted by atomic mass is 10.2. The molecule has 0 unspecified atom stereocenters. The molecule has 148 valence electrons. The van der Waals surface area contributed by atoms with Crippen LogP contribution in [0.15, 0.2) is 70.8 Å². The molecule has 0 radical (unpaired) electrons. The van der Waals surface area contributed by atoms with Crippen LogP contribution in [0.5, 0.6) is 5.75 Å². The molecule has 0 bridgehead atoms. The van der Waals surface area contributed by atoms with Gasteiger partial charge in [0.05, 0.1) is 16.8 Å². The first-order valence-corrected chi connectivity index (χ1v) is 10.2. The van der Waals surface area contributed by atoms with E-state index in [1.807, 2.05) is 25.1 Å². The van der Waals surface area contributed by atoms with Gasteiger partial charge in [-0.15, -0.1) is 0 Å². The van der Waals surface area contributed by atoms with Gasteiger partial charge >= 0.3 is 0 Å². The van der Waals surface area contributed by atoms with Crippen molar-refractivity contribution in [2.45, 2.75) is 23.6 Å². The summed E-state index contributed by atoms with van der Waals surface area (Å²) < 4.78 is 1.74. The van der Waals surface area contributed by atoms with E-state index in [-0.39, 0.29) is 5.75 Å². The number of nitrogens with one attached hydrogen (secondary N) is 1. The minimum absolute atomic E-state index is 0.252. The zero-order valence-corrected chi connectivity index (χ0v) is 17.2. The van der Waals surface area contributed by atoms with Crippen molar-refractivity contribution in [2.75, 3.05) is 5.32 Å². The van der Waals surface area contributed by atoms with Gasteiger partial charge in [0.2, 0.25) is 0 Å². The van der Waals surface area contributed by atoms with Crippen LogP contribution in [0.25, 0.3) is 16.7 Å². The van der Waals surface area contributed by atoms with E-state index in [1.54, 1.807) is 34.6 Å². The molecular formula is C22H18N6OS. The average molecular weight is 414 g/mol. The minimum atomic E-state index is 0.252. The van der Waals surface area contributed by atoms with Crippen LogP contribution in [0.1, 0.15) is 11.3 Å². The van der Waals surface area contributed by atoms with Gasteiger partial charge in [0.1, 0.15) is 17.9 Å². The van der Waals surface area contributed by atoms with Crippen molar-refractivity contribution >= 4 is 39.9 Å². The van der Waals surface area contributed by atoms with Crippen LogP contribution >= 0.6 is 11.8 Å². The number of rotatable bonds is 4. The van der Waals surface area contributed by atoms with Crippen molar-refractivity contribution in [3.63, 3.8) is 0 Å². The van der Waals surface area contributed by atoms with E-state index in [1.165, 1.54) is 6.33 Å². The zero-order chi connectivity index (χ0) is 20.7. The van der Waals surface area contributed by atoms with E-state index in [2.05, 4.69) is 50.5 Å². The van der Waals surface area contributed by atoms with Crippen LogP contribution in [0, 0.1) is 13.8 Å². The topological polar surface area (TPSA) is 88.2 Å². The van der Waals surface area contributed by atoms with Gasteiger partial charge in [-0.2, -0.15) is 9.61 Å². The second-order valence-corrected chi connectivity index (χ2v) is 8.11. The number of hydrogen-bond donors (Lipinski definition) is 2. The molecule has 30 heavy (non-hydrogen) atoms. The number of aromatic hydroxyl groups is 1. The van der Waals surface area contributed by atoms with Crippen LogP contribution in [0.2, 0.25) is 0 Å². The Kier molecular flexibility index (Phi) is 4.48. The summed E-state index contributed by atoms with van der Waals surface area (Å²) in [6.07, 6.45) is 3.31. The zero-order valence-electron chi connectivity index (χ0n) is 16.4. The van der Waals surface area contributed by atoms with Gasteiger partial charge in [0.25, 0.3) is 0 Å². The molecule has 0 amide bonds. The molecule has 0 fully saturated rings. The molecule has 2 N–H and O–H groups in total. The molecule has 7 nitrogen and oxygen atoms in total. The molecule has 2 aromatic carbocycles. The molecule has 5 rings (SSSR count). The number of benzene rings is 2. The highest BCUT2D eigenvalue weighted by molar-refractivity contribution is 7.99. The van der Waals surface area contributed by atoms with E-state index >= 15 is 0 Å². The number of hydrogen-bond acceptors (Lipinski definition) is 7. The maximum absolute atomic E-state index is 9.54. The molecule has 0 saturated heterocycles. The molecule has 0 saturated carbocycles. The van der Waals surface area contributed by atoms with Crippen molar-refractivity contribution in [1.29, 1.82) is 0 Å². The molecule has 0 aliphatic heterocycles. The summed E-state index contributed by atoms with van der Waals surface area (Å²) in [6, 6.07) is 15.3. The monoisotopic (exact) mass is 414 g/mol. The molecule has 0 spiro atoms. The summed E-state index contributed by atoms with van der Waals surface area (Å²) in [5.74, 6) is 0.919.